The van der Waals surface area contributed by atoms with Gasteiger partial charge in [0.15, 0.2) is 16.9 Å². The first kappa shape index (κ1) is 23.7. The summed E-state index contributed by atoms with van der Waals surface area (Å²) in [5.41, 5.74) is 1.31. The number of ether oxygens (including phenoxy) is 2. The molecule has 7 nitrogen and oxygen atoms in total. The van der Waals surface area contributed by atoms with Gasteiger partial charge in [-0.3, -0.25) is 4.99 Å². The summed E-state index contributed by atoms with van der Waals surface area (Å²) in [6.45, 7) is 3.31. The van der Waals surface area contributed by atoms with Crippen LogP contribution in [-0.4, -0.2) is 40.8 Å². The minimum atomic E-state index is -1.08. The summed E-state index contributed by atoms with van der Waals surface area (Å²) < 4.78 is 10.3. The normalized spacial score (nSPS) is 16.9. The van der Waals surface area contributed by atoms with Crippen molar-refractivity contribution in [1.82, 2.24) is 10.3 Å². The van der Waals surface area contributed by atoms with Gasteiger partial charge in [-0.1, -0.05) is 45.2 Å². The van der Waals surface area contributed by atoms with Gasteiger partial charge >= 0.3 is 11.9 Å². The smallest absolute Gasteiger partial charge is 0.347 e. The molecule has 1 aromatic carbocycles. The van der Waals surface area contributed by atoms with Crippen LogP contribution >= 0.6 is 50.5 Å². The number of allylic oxidation sites excluding steroid dienone is 1. The number of nitrogens with one attached hydrogen (secondary N) is 1. The molecule has 1 aliphatic rings. The Morgan fingerprint density at radius 3 is 2.74 bits per heavy atom. The Labute approximate surface area is 201 Å². The Kier molecular flexibility index (Phi) is 8.10. The number of aliphatic imine (C=N–C) groups is 1. The van der Waals surface area contributed by atoms with Gasteiger partial charge in [0.2, 0.25) is 0 Å². The first-order valence-electron chi connectivity index (χ1n) is 9.21. The minimum Gasteiger partial charge on any atom is -0.463 e. The van der Waals surface area contributed by atoms with E-state index in [2.05, 4.69) is 26.2 Å². The molecule has 3 rings (SSSR count). The van der Waals surface area contributed by atoms with E-state index in [-0.39, 0.29) is 12.2 Å². The van der Waals surface area contributed by atoms with Crippen LogP contribution in [0.25, 0.3) is 0 Å². The monoisotopic (exact) mass is 545 g/mol. The van der Waals surface area contributed by atoms with E-state index < -0.39 is 24.1 Å². The lowest BCUT2D eigenvalue weighted by Crippen LogP contribution is -2.36. The average molecular weight is 547 g/mol. The van der Waals surface area contributed by atoms with E-state index in [0.717, 1.165) is 0 Å². The Bertz CT molecular complexity index is 1040. The summed E-state index contributed by atoms with van der Waals surface area (Å²) >= 11 is 17.3. The summed E-state index contributed by atoms with van der Waals surface area (Å²) in [6, 6.07) is 4.16. The van der Waals surface area contributed by atoms with Gasteiger partial charge < -0.3 is 14.8 Å². The number of hydrogen-bond donors (Lipinski definition) is 1. The van der Waals surface area contributed by atoms with Crippen molar-refractivity contribution in [2.24, 2.45) is 4.99 Å². The summed E-state index contributed by atoms with van der Waals surface area (Å²) in [7, 11) is 0. The van der Waals surface area contributed by atoms with E-state index in [9.17, 15) is 9.59 Å². The van der Waals surface area contributed by atoms with Gasteiger partial charge in [0.05, 0.1) is 12.2 Å². The number of esters is 2. The fourth-order valence-electron chi connectivity index (χ4n) is 2.87. The molecule has 2 atom stereocenters. The highest BCUT2D eigenvalue weighted by atomic mass is 79.9. The van der Waals surface area contributed by atoms with E-state index in [1.54, 1.807) is 31.3 Å². The maximum absolute atomic E-state index is 13.1. The molecule has 31 heavy (non-hydrogen) atoms. The molecule has 0 amide bonds. The number of rotatable bonds is 7. The number of benzene rings is 1. The van der Waals surface area contributed by atoms with Crippen molar-refractivity contribution in [3.8, 4) is 0 Å². The number of carbonyl (C=O) groups is 2. The maximum Gasteiger partial charge on any atom is 0.347 e. The van der Waals surface area contributed by atoms with Crippen LogP contribution in [0.5, 0.6) is 0 Å². The Hall–Kier alpha value is -1.94. The van der Waals surface area contributed by atoms with E-state index in [1.165, 1.54) is 18.3 Å². The van der Waals surface area contributed by atoms with E-state index >= 15 is 0 Å². The molecule has 0 saturated heterocycles. The molecule has 11 heteroatoms. The first-order valence-corrected chi connectivity index (χ1v) is 12.0. The number of hydrogen-bond acceptors (Lipinski definition) is 8. The van der Waals surface area contributed by atoms with E-state index in [0.29, 0.717) is 37.5 Å². The zero-order chi connectivity index (χ0) is 22.5. The van der Waals surface area contributed by atoms with Crippen molar-refractivity contribution in [3.63, 3.8) is 0 Å². The summed E-state index contributed by atoms with van der Waals surface area (Å²) in [5.74, 6) is -0.843. The lowest BCUT2D eigenvalue weighted by atomic mass is 9.96. The maximum atomic E-state index is 13.1. The van der Waals surface area contributed by atoms with Crippen LogP contribution in [0, 0.1) is 0 Å². The molecule has 1 N–H and O–H groups in total. The van der Waals surface area contributed by atoms with Gasteiger partial charge in [0.1, 0.15) is 6.04 Å². The van der Waals surface area contributed by atoms with Gasteiger partial charge in [-0.25, -0.2) is 14.6 Å². The van der Waals surface area contributed by atoms with E-state index in [1.807, 2.05) is 5.38 Å². The molecule has 0 spiro atoms. The Balaban J connectivity index is 2.05. The molecule has 1 unspecified atom stereocenters. The predicted octanol–water partition coefficient (Wildman–Crippen LogP) is 4.68. The molecular formula is C20H18BrCl2N3O4S. The largest absolute Gasteiger partial charge is 0.463 e. The Morgan fingerprint density at radius 1 is 1.35 bits per heavy atom. The van der Waals surface area contributed by atoms with Crippen molar-refractivity contribution in [1.29, 1.82) is 0 Å². The summed E-state index contributed by atoms with van der Waals surface area (Å²) in [5, 5.41) is 6.72. The summed E-state index contributed by atoms with van der Waals surface area (Å²) in [4.78, 5) is 34.1. The molecule has 0 aliphatic carbocycles. The minimum absolute atomic E-state index is 0.183. The predicted molar refractivity (Wildman–Crippen MR) is 124 cm³/mol. The lowest BCUT2D eigenvalue weighted by Gasteiger charge is -2.27. The van der Waals surface area contributed by atoms with E-state index in [4.69, 9.17) is 37.7 Å². The second-order valence-corrected chi connectivity index (χ2v) is 8.63. The van der Waals surface area contributed by atoms with Crippen LogP contribution in [0.4, 0.5) is 0 Å². The SMILES string of the molecule is CCOC(=O)[C@@H](C)OC(=O)C1=C(CBr)NC(c2nccs2)=NC1c1ccc(Cl)cc1Cl. The third-order valence-electron chi connectivity index (χ3n) is 4.27. The standard InChI is InChI=1S/C20H18BrCl2N3O4S/c1-3-29-19(27)10(2)30-20(28)15-14(9-21)25-17(18-24-6-7-31-18)26-16(15)12-5-4-11(22)8-13(12)23/h4-8,10,16H,3,9H2,1-2H3,(H,25,26)/t10-,16?/m1/s1. The van der Waals surface area contributed by atoms with Crippen molar-refractivity contribution in [2.75, 3.05) is 11.9 Å². The van der Waals surface area contributed by atoms with Crippen LogP contribution in [0.15, 0.2) is 46.0 Å². The van der Waals surface area contributed by atoms with Crippen LogP contribution in [0.3, 0.4) is 0 Å². The van der Waals surface area contributed by atoms with Crippen molar-refractivity contribution in [3.05, 3.63) is 61.7 Å². The third kappa shape index (κ3) is 5.46. The van der Waals surface area contributed by atoms with Crippen molar-refractivity contribution < 1.29 is 19.1 Å². The van der Waals surface area contributed by atoms with Gasteiger partial charge in [0.25, 0.3) is 0 Å². The van der Waals surface area contributed by atoms with Crippen molar-refractivity contribution >= 4 is 68.2 Å². The highest BCUT2D eigenvalue weighted by molar-refractivity contribution is 9.09. The van der Waals surface area contributed by atoms with Gasteiger partial charge in [-0.05, 0) is 26.0 Å². The fraction of sp³-hybridized carbons (Fsp3) is 0.300. The topological polar surface area (TPSA) is 89.9 Å². The van der Waals surface area contributed by atoms with Gasteiger partial charge in [-0.15, -0.1) is 11.3 Å². The Morgan fingerprint density at radius 2 is 2.13 bits per heavy atom. The van der Waals surface area contributed by atoms with Gasteiger partial charge in [0, 0.05) is 38.2 Å². The molecule has 2 aromatic rings. The number of thiazole rings is 1. The van der Waals surface area contributed by atoms with Crippen molar-refractivity contribution in [2.45, 2.75) is 26.0 Å². The molecule has 1 aliphatic heterocycles. The molecule has 0 saturated carbocycles. The second-order valence-electron chi connectivity index (χ2n) is 6.33. The number of halogens is 3. The van der Waals surface area contributed by atoms with Gasteiger partial charge in [-0.2, -0.15) is 0 Å². The zero-order valence-corrected chi connectivity index (χ0v) is 20.4. The molecule has 2 heterocycles. The number of nitrogens with zero attached hydrogens (tertiary/aromatic N) is 2. The first-order chi connectivity index (χ1) is 14.8. The molecule has 0 radical (unpaired) electrons. The average Bonchev–Trinajstić information content (AvgIpc) is 3.27. The third-order valence-corrected chi connectivity index (χ3v) is 6.18. The van der Waals surface area contributed by atoms with Crippen LogP contribution in [-0.2, 0) is 19.1 Å². The highest BCUT2D eigenvalue weighted by Gasteiger charge is 2.35. The van der Waals surface area contributed by atoms with Crippen LogP contribution in [0.2, 0.25) is 10.0 Å². The molecule has 1 aromatic heterocycles. The quantitative estimate of drug-likeness (QED) is 0.400. The molecule has 0 fully saturated rings. The van der Waals surface area contributed by atoms with Crippen LogP contribution < -0.4 is 5.32 Å². The lowest BCUT2D eigenvalue weighted by molar-refractivity contribution is -0.164. The zero-order valence-electron chi connectivity index (χ0n) is 16.5. The number of aromatic nitrogens is 1. The highest BCUT2D eigenvalue weighted by Crippen LogP contribution is 2.37. The second kappa shape index (κ2) is 10.6. The molecule has 0 bridgehead atoms. The molecular weight excluding hydrogens is 529 g/mol. The number of alkyl halides is 1. The van der Waals surface area contributed by atoms with Crippen LogP contribution in [0.1, 0.15) is 30.5 Å². The summed E-state index contributed by atoms with van der Waals surface area (Å²) in [6.07, 6.45) is 0.582. The number of carbonyl (C=O) groups excluding carboxylic acids is 2. The number of amidine groups is 1. The fourth-order valence-corrected chi connectivity index (χ4v) is 4.41. The molecule has 164 valence electrons.